The van der Waals surface area contributed by atoms with Crippen LogP contribution in [0.25, 0.3) is 0 Å². The van der Waals surface area contributed by atoms with E-state index < -0.39 is 5.97 Å². The molecule has 41 heavy (non-hydrogen) atoms. The number of azo groups is 1. The average Bonchev–Trinajstić information content (AvgIpc) is 3.30. The molecular formula is C33H50N4O3S. The molecule has 2 rings (SSSR count). The summed E-state index contributed by atoms with van der Waals surface area (Å²) < 4.78 is 11.1. The molecule has 1 heterocycles. The van der Waals surface area contributed by atoms with Crippen LogP contribution in [0, 0.1) is 37.0 Å². The van der Waals surface area contributed by atoms with Crippen LogP contribution >= 0.6 is 11.3 Å². The van der Waals surface area contributed by atoms with E-state index in [2.05, 4.69) is 55.0 Å². The van der Waals surface area contributed by atoms with Gasteiger partial charge in [-0.2, -0.15) is 5.26 Å². The zero-order chi connectivity index (χ0) is 30.4. The molecule has 0 amide bonds. The van der Waals surface area contributed by atoms with E-state index in [9.17, 15) is 10.1 Å². The van der Waals surface area contributed by atoms with E-state index in [1.807, 2.05) is 13.0 Å². The molecule has 2 unspecified atom stereocenters. The quantitative estimate of drug-likeness (QED) is 0.129. The molecule has 0 spiro atoms. The Labute approximate surface area is 252 Å². The van der Waals surface area contributed by atoms with Gasteiger partial charge in [0.1, 0.15) is 16.7 Å². The fraction of sp³-hybridized carbons (Fsp3) is 0.636. The molecule has 0 saturated heterocycles. The number of ether oxygens (including phenoxy) is 2. The Morgan fingerprint density at radius 3 is 2.10 bits per heavy atom. The van der Waals surface area contributed by atoms with Crippen LogP contribution in [-0.4, -0.2) is 32.8 Å². The van der Waals surface area contributed by atoms with Crippen molar-refractivity contribution in [3.05, 3.63) is 33.7 Å². The Morgan fingerprint density at radius 2 is 1.61 bits per heavy atom. The lowest BCUT2D eigenvalue weighted by Gasteiger charge is -2.33. The molecule has 0 radical (unpaired) electrons. The largest absolute Gasteiger partial charge is 0.495 e. The molecule has 1 aromatic carbocycles. The van der Waals surface area contributed by atoms with Crippen molar-refractivity contribution in [3.63, 3.8) is 0 Å². The van der Waals surface area contributed by atoms with Gasteiger partial charge in [0, 0.05) is 19.2 Å². The Bertz CT molecular complexity index is 1170. The lowest BCUT2D eigenvalue weighted by molar-refractivity contribution is 0.0531. The average molecular weight is 583 g/mol. The van der Waals surface area contributed by atoms with Gasteiger partial charge >= 0.3 is 5.97 Å². The number of nitrogens with zero attached hydrogens (tertiary/aromatic N) is 4. The van der Waals surface area contributed by atoms with Crippen LogP contribution in [-0.2, 0) is 4.74 Å². The molecule has 8 heteroatoms. The van der Waals surface area contributed by atoms with Crippen molar-refractivity contribution in [1.82, 2.24) is 0 Å². The van der Waals surface area contributed by atoms with Crippen molar-refractivity contribution in [2.24, 2.45) is 22.1 Å². The number of hydrogen-bond donors (Lipinski definition) is 0. The maximum atomic E-state index is 12.4. The van der Waals surface area contributed by atoms with Crippen LogP contribution in [0.15, 0.2) is 22.4 Å². The number of methoxy groups -OCH3 is 1. The summed E-state index contributed by atoms with van der Waals surface area (Å²) in [5, 5.41) is 19.1. The molecule has 0 aliphatic carbocycles. The molecule has 0 aliphatic heterocycles. The minimum atomic E-state index is -0.441. The Hall–Kier alpha value is -2.92. The van der Waals surface area contributed by atoms with Crippen molar-refractivity contribution < 1.29 is 14.3 Å². The Morgan fingerprint density at radius 1 is 1.00 bits per heavy atom. The first-order chi connectivity index (χ1) is 19.8. The number of nitriles is 1. The number of thiophene rings is 1. The van der Waals surface area contributed by atoms with E-state index in [0.717, 1.165) is 54.3 Å². The van der Waals surface area contributed by atoms with Crippen LogP contribution in [0.5, 0.6) is 5.75 Å². The summed E-state index contributed by atoms with van der Waals surface area (Å²) in [6.45, 7) is 16.9. The second-order valence-electron chi connectivity index (χ2n) is 10.8. The molecule has 2 aromatic rings. The Balaban J connectivity index is 2.48. The molecule has 0 fully saturated rings. The summed E-state index contributed by atoms with van der Waals surface area (Å²) >= 11 is 1.14. The molecule has 0 N–H and O–H groups in total. The van der Waals surface area contributed by atoms with Gasteiger partial charge in [0.2, 0.25) is 0 Å². The minimum absolute atomic E-state index is 0.270. The van der Waals surface area contributed by atoms with E-state index in [1.54, 1.807) is 21.0 Å². The van der Waals surface area contributed by atoms with Crippen LogP contribution in [0.4, 0.5) is 16.4 Å². The number of carbonyl (C=O) groups is 1. The molecule has 226 valence electrons. The highest BCUT2D eigenvalue weighted by atomic mass is 32.1. The van der Waals surface area contributed by atoms with Gasteiger partial charge in [-0.1, -0.05) is 66.2 Å². The van der Waals surface area contributed by atoms with E-state index in [-0.39, 0.29) is 6.61 Å². The molecule has 7 nitrogen and oxygen atoms in total. The highest BCUT2D eigenvalue weighted by Gasteiger charge is 2.23. The maximum absolute atomic E-state index is 12.4. The molecule has 2 atom stereocenters. The summed E-state index contributed by atoms with van der Waals surface area (Å²) in [4.78, 5) is 15.3. The maximum Gasteiger partial charge on any atom is 0.348 e. The van der Waals surface area contributed by atoms with Gasteiger partial charge in [-0.05, 0) is 62.6 Å². The first-order valence-electron chi connectivity index (χ1n) is 15.3. The van der Waals surface area contributed by atoms with E-state index >= 15 is 0 Å². The van der Waals surface area contributed by atoms with Gasteiger partial charge in [0.05, 0.1) is 30.7 Å². The minimum Gasteiger partial charge on any atom is -0.495 e. The first-order valence-corrected chi connectivity index (χ1v) is 16.2. The van der Waals surface area contributed by atoms with E-state index in [4.69, 9.17) is 9.47 Å². The third-order valence-corrected chi connectivity index (χ3v) is 8.99. The topological polar surface area (TPSA) is 87.3 Å². The lowest BCUT2D eigenvalue weighted by Crippen LogP contribution is -2.34. The summed E-state index contributed by atoms with van der Waals surface area (Å²) in [7, 11) is 1.71. The highest BCUT2D eigenvalue weighted by molar-refractivity contribution is 7.18. The third-order valence-electron chi connectivity index (χ3n) is 7.83. The molecule has 1 aromatic heterocycles. The molecule has 0 aliphatic rings. The fourth-order valence-electron chi connectivity index (χ4n) is 5.10. The summed E-state index contributed by atoms with van der Waals surface area (Å²) in [5.74, 6) is 1.59. The SMILES string of the molecule is CCCCC(CC)CN(CC(CC)CCCC)c1cc(C)c(N=Nc2sc(C(=O)OCC)c(C)c2C#N)cc1OC. The van der Waals surface area contributed by atoms with Gasteiger partial charge < -0.3 is 14.4 Å². The van der Waals surface area contributed by atoms with Crippen molar-refractivity contribution in [3.8, 4) is 11.8 Å². The zero-order valence-electron chi connectivity index (χ0n) is 26.5. The van der Waals surface area contributed by atoms with Gasteiger partial charge in [-0.3, -0.25) is 0 Å². The van der Waals surface area contributed by atoms with Crippen LogP contribution in [0.1, 0.15) is 112 Å². The fourth-order valence-corrected chi connectivity index (χ4v) is 6.07. The predicted molar refractivity (Wildman–Crippen MR) is 170 cm³/mol. The molecule has 0 saturated carbocycles. The Kier molecular flexibility index (Phi) is 14.9. The molecule has 0 bridgehead atoms. The van der Waals surface area contributed by atoms with Gasteiger partial charge in [-0.15, -0.1) is 21.6 Å². The predicted octanol–water partition coefficient (Wildman–Crippen LogP) is 10.1. The van der Waals surface area contributed by atoms with E-state index in [1.165, 1.54) is 38.5 Å². The molecular weight excluding hydrogens is 532 g/mol. The van der Waals surface area contributed by atoms with Crippen LogP contribution in [0.2, 0.25) is 0 Å². The summed E-state index contributed by atoms with van der Waals surface area (Å²) in [5.41, 5.74) is 3.68. The lowest BCUT2D eigenvalue weighted by atomic mass is 9.95. The number of carbonyl (C=O) groups excluding carboxylic acids is 1. The number of anilines is 1. The van der Waals surface area contributed by atoms with Crippen molar-refractivity contribution in [2.45, 2.75) is 99.8 Å². The smallest absolute Gasteiger partial charge is 0.348 e. The second-order valence-corrected chi connectivity index (χ2v) is 11.8. The number of esters is 1. The number of rotatable bonds is 18. The zero-order valence-corrected chi connectivity index (χ0v) is 27.3. The van der Waals surface area contributed by atoms with Crippen LogP contribution < -0.4 is 9.64 Å². The van der Waals surface area contributed by atoms with E-state index in [0.29, 0.717) is 38.5 Å². The normalized spacial score (nSPS) is 12.8. The number of benzene rings is 1. The van der Waals surface area contributed by atoms with Crippen molar-refractivity contribution in [1.29, 1.82) is 5.26 Å². The van der Waals surface area contributed by atoms with Crippen molar-refractivity contribution in [2.75, 3.05) is 31.7 Å². The summed E-state index contributed by atoms with van der Waals surface area (Å²) in [6.07, 6.45) is 9.71. The number of aryl methyl sites for hydroxylation is 1. The monoisotopic (exact) mass is 582 g/mol. The number of hydrogen-bond acceptors (Lipinski definition) is 8. The van der Waals surface area contributed by atoms with Crippen LogP contribution in [0.3, 0.4) is 0 Å². The van der Waals surface area contributed by atoms with Gasteiger partial charge in [0.25, 0.3) is 0 Å². The number of unbranched alkanes of at least 4 members (excludes halogenated alkanes) is 2. The summed E-state index contributed by atoms with van der Waals surface area (Å²) in [6, 6.07) is 6.28. The first kappa shape index (κ1) is 34.3. The van der Waals surface area contributed by atoms with Gasteiger partial charge in [-0.25, -0.2) is 4.79 Å². The second kappa shape index (κ2) is 17.8. The van der Waals surface area contributed by atoms with Gasteiger partial charge in [0.15, 0.2) is 5.00 Å². The highest BCUT2D eigenvalue weighted by Crippen LogP contribution is 2.40. The van der Waals surface area contributed by atoms with Crippen molar-refractivity contribution >= 4 is 33.7 Å². The third kappa shape index (κ3) is 9.56. The standard InChI is InChI=1S/C33H50N4O3S/c1-9-14-16-25(11-3)21-37(22-26(12-4)17-15-10-2)29-18-23(6)28(19-30(29)39-8)35-36-32-27(20-34)24(7)31(41-32)33(38)40-13-5/h18-19,25-26H,9-17,21-22H2,1-8H3.